The minimum absolute atomic E-state index is 0.121. The first-order chi connectivity index (χ1) is 14.0. The first-order valence-corrected chi connectivity index (χ1v) is 10.4. The van der Waals surface area contributed by atoms with E-state index in [1.165, 1.54) is 11.3 Å². The highest BCUT2D eigenvalue weighted by Gasteiger charge is 2.37. The number of hydrogen-bond donors (Lipinski definition) is 1. The quantitative estimate of drug-likeness (QED) is 0.803. The van der Waals surface area contributed by atoms with E-state index in [0.29, 0.717) is 22.0 Å². The number of rotatable bonds is 4. The van der Waals surface area contributed by atoms with E-state index in [9.17, 15) is 14.7 Å². The zero-order valence-corrected chi connectivity index (χ0v) is 16.8. The average Bonchev–Trinajstić information content (AvgIpc) is 2.84. The first kappa shape index (κ1) is 19.6. The number of anilines is 1. The van der Waals surface area contributed by atoms with Crippen LogP contribution in [-0.2, 0) is 9.59 Å². The van der Waals surface area contributed by atoms with Gasteiger partial charge < -0.3 is 5.11 Å². The predicted octanol–water partition coefficient (Wildman–Crippen LogP) is 4.56. The Kier molecular flexibility index (Phi) is 5.67. The topological polar surface area (TPSA) is 70.0 Å². The van der Waals surface area contributed by atoms with Crippen molar-refractivity contribution in [3.05, 3.63) is 64.7 Å². The molecule has 0 radical (unpaired) electrons. The summed E-state index contributed by atoms with van der Waals surface area (Å²) in [6.45, 7) is -0.395. The number of carboxylic acids is 1. The van der Waals surface area contributed by atoms with Gasteiger partial charge in [0.05, 0.1) is 11.4 Å². The highest BCUT2D eigenvalue weighted by Crippen LogP contribution is 2.36. The molecule has 1 heterocycles. The minimum atomic E-state index is -1.05. The average molecular weight is 411 g/mol. The number of hydrogen-bond acceptors (Lipinski definition) is 3. The van der Waals surface area contributed by atoms with Crippen LogP contribution in [0.25, 0.3) is 0 Å². The molecular formula is C23H23ClN2O3. The molecule has 5 nitrogen and oxygen atoms in total. The van der Waals surface area contributed by atoms with Gasteiger partial charge in [0.25, 0.3) is 5.91 Å². The highest BCUT2D eigenvalue weighted by molar-refractivity contribution is 6.32. The molecule has 0 aromatic heterocycles. The lowest BCUT2D eigenvalue weighted by molar-refractivity contribution is -0.137. The third-order valence-electron chi connectivity index (χ3n) is 5.73. The van der Waals surface area contributed by atoms with Crippen molar-refractivity contribution in [3.63, 3.8) is 0 Å². The van der Waals surface area contributed by atoms with Crippen molar-refractivity contribution >= 4 is 34.9 Å². The molecule has 1 N–H and O–H groups in total. The molecule has 0 unspecified atom stereocenters. The lowest BCUT2D eigenvalue weighted by Gasteiger charge is -2.30. The molecule has 150 valence electrons. The number of carboxylic acid groups (broad SMARTS) is 1. The maximum atomic E-state index is 13.5. The van der Waals surface area contributed by atoms with Gasteiger partial charge in [-0.25, -0.2) is 0 Å². The van der Waals surface area contributed by atoms with Crippen LogP contribution in [0.4, 0.5) is 5.69 Å². The summed E-state index contributed by atoms with van der Waals surface area (Å²) in [5, 5.41) is 10.00. The van der Waals surface area contributed by atoms with Crippen LogP contribution in [0.3, 0.4) is 0 Å². The Morgan fingerprint density at radius 1 is 1.10 bits per heavy atom. The summed E-state index contributed by atoms with van der Waals surface area (Å²) < 4.78 is 0. The summed E-state index contributed by atoms with van der Waals surface area (Å²) in [6.07, 6.45) is 5.17. The largest absolute Gasteiger partial charge is 0.480 e. The molecule has 1 aliphatic carbocycles. The second-order valence-corrected chi connectivity index (χ2v) is 8.10. The molecule has 0 saturated heterocycles. The first-order valence-electron chi connectivity index (χ1n) is 10.0. The van der Waals surface area contributed by atoms with Crippen molar-refractivity contribution in [2.45, 2.75) is 38.1 Å². The highest BCUT2D eigenvalue weighted by atomic mass is 35.5. The normalized spacial score (nSPS) is 20.0. The monoisotopic (exact) mass is 410 g/mol. The van der Waals surface area contributed by atoms with E-state index in [2.05, 4.69) is 0 Å². The Hall–Kier alpha value is -2.66. The molecule has 0 spiro atoms. The number of benzene rings is 2. The van der Waals surface area contributed by atoms with Gasteiger partial charge in [-0.05, 0) is 37.0 Å². The van der Waals surface area contributed by atoms with Gasteiger partial charge in [0.2, 0.25) is 0 Å². The van der Waals surface area contributed by atoms with Crippen LogP contribution in [-0.4, -0.2) is 35.3 Å². The van der Waals surface area contributed by atoms with Gasteiger partial charge in [0, 0.05) is 16.1 Å². The summed E-state index contributed by atoms with van der Waals surface area (Å²) >= 11 is 6.28. The lowest BCUT2D eigenvalue weighted by atomic mass is 9.83. The Morgan fingerprint density at radius 2 is 1.83 bits per heavy atom. The van der Waals surface area contributed by atoms with Gasteiger partial charge in [0.15, 0.2) is 0 Å². The molecule has 2 aromatic rings. The summed E-state index contributed by atoms with van der Waals surface area (Å²) in [5.41, 5.74) is 2.82. The Balaban J connectivity index is 1.91. The van der Waals surface area contributed by atoms with E-state index in [-0.39, 0.29) is 11.8 Å². The van der Waals surface area contributed by atoms with Gasteiger partial charge in [-0.3, -0.25) is 19.5 Å². The van der Waals surface area contributed by atoms with Gasteiger partial charge >= 0.3 is 5.97 Å². The maximum Gasteiger partial charge on any atom is 0.323 e. The zero-order valence-electron chi connectivity index (χ0n) is 16.1. The van der Waals surface area contributed by atoms with Crippen molar-refractivity contribution in [1.29, 1.82) is 0 Å². The molecule has 1 aliphatic heterocycles. The number of aliphatic carboxylic acids is 1. The van der Waals surface area contributed by atoms with Gasteiger partial charge in [-0.2, -0.15) is 0 Å². The van der Waals surface area contributed by atoms with Crippen molar-refractivity contribution in [3.8, 4) is 0 Å². The van der Waals surface area contributed by atoms with E-state index in [1.54, 1.807) is 18.2 Å². The number of aliphatic imine (C=N–C) groups is 1. The van der Waals surface area contributed by atoms with Crippen LogP contribution >= 0.6 is 11.6 Å². The Labute approximate surface area is 175 Å². The summed E-state index contributed by atoms with van der Waals surface area (Å²) in [6, 6.07) is 14.3. The smallest absolute Gasteiger partial charge is 0.323 e. The molecule has 1 saturated carbocycles. The third kappa shape index (κ3) is 4.06. The van der Waals surface area contributed by atoms with Crippen molar-refractivity contribution < 1.29 is 14.7 Å². The Morgan fingerprint density at radius 3 is 2.52 bits per heavy atom. The molecule has 4 rings (SSSR count). The number of fused-ring (bicyclic) bond motifs is 1. The number of benzodiazepines with no additional fused rings is 1. The molecule has 2 aliphatic rings. The molecule has 1 fully saturated rings. The Bertz CT molecular complexity index is 952. The van der Waals surface area contributed by atoms with Crippen LogP contribution in [0, 0.1) is 5.92 Å². The number of nitrogens with zero attached hydrogens (tertiary/aromatic N) is 2. The van der Waals surface area contributed by atoms with E-state index in [0.717, 1.165) is 31.2 Å². The SMILES string of the molecule is O=C(O)CN1C(=O)[C@H](C2CCCCC2)N=C(c2ccccc2)c2cc(Cl)ccc21. The van der Waals surface area contributed by atoms with Crippen LogP contribution < -0.4 is 4.90 Å². The molecule has 2 aromatic carbocycles. The van der Waals surface area contributed by atoms with Gasteiger partial charge in [0.1, 0.15) is 12.6 Å². The standard InChI is InChI=1S/C23H23ClN2O3/c24-17-11-12-19-18(13-17)21(15-7-3-1-4-8-15)25-22(16-9-5-2-6-10-16)23(29)26(19)14-20(27)28/h1,3-4,7-8,11-13,16,22H,2,5-6,9-10,14H2,(H,27,28)/t22-/m0/s1. The van der Waals surface area contributed by atoms with E-state index >= 15 is 0 Å². The minimum Gasteiger partial charge on any atom is -0.480 e. The van der Waals surface area contributed by atoms with E-state index in [1.807, 2.05) is 30.3 Å². The molecule has 0 bridgehead atoms. The maximum absolute atomic E-state index is 13.5. The number of carbonyl (C=O) groups is 2. The van der Waals surface area contributed by atoms with Crippen molar-refractivity contribution in [2.75, 3.05) is 11.4 Å². The fraction of sp³-hybridized carbons (Fsp3) is 0.348. The van der Waals surface area contributed by atoms with Crippen molar-refractivity contribution in [1.82, 2.24) is 0 Å². The second kappa shape index (κ2) is 8.37. The van der Waals surface area contributed by atoms with E-state index in [4.69, 9.17) is 16.6 Å². The van der Waals surface area contributed by atoms with E-state index < -0.39 is 18.6 Å². The fourth-order valence-corrected chi connectivity index (χ4v) is 4.53. The molecule has 1 atom stereocenters. The van der Waals surface area contributed by atoms with Crippen LogP contribution in [0.1, 0.15) is 43.2 Å². The van der Waals surface area contributed by atoms with Crippen LogP contribution in [0.15, 0.2) is 53.5 Å². The molecule has 6 heteroatoms. The second-order valence-electron chi connectivity index (χ2n) is 7.67. The number of carbonyl (C=O) groups excluding carboxylic acids is 1. The van der Waals surface area contributed by atoms with Crippen molar-refractivity contribution in [2.24, 2.45) is 10.9 Å². The molecule has 29 heavy (non-hydrogen) atoms. The number of halogens is 1. The predicted molar refractivity (Wildman–Crippen MR) is 114 cm³/mol. The van der Waals surface area contributed by atoms with Crippen LogP contribution in [0.5, 0.6) is 0 Å². The lowest BCUT2D eigenvalue weighted by Crippen LogP contribution is -2.44. The van der Waals surface area contributed by atoms with Crippen LogP contribution in [0.2, 0.25) is 5.02 Å². The summed E-state index contributed by atoms with van der Waals surface area (Å²) in [5.74, 6) is -1.17. The number of amides is 1. The van der Waals surface area contributed by atoms with Gasteiger partial charge in [-0.15, -0.1) is 0 Å². The van der Waals surface area contributed by atoms with Gasteiger partial charge in [-0.1, -0.05) is 61.2 Å². The molecular weight excluding hydrogens is 388 g/mol. The fourth-order valence-electron chi connectivity index (χ4n) is 4.36. The molecule has 1 amide bonds. The summed E-state index contributed by atoms with van der Waals surface area (Å²) in [4.78, 5) is 31.4. The zero-order chi connectivity index (χ0) is 20.4. The summed E-state index contributed by atoms with van der Waals surface area (Å²) in [7, 11) is 0. The third-order valence-corrected chi connectivity index (χ3v) is 5.96.